The molecular formula is C25H20ClF2N3O2S. The number of carbonyl (C=O) groups is 2. The summed E-state index contributed by atoms with van der Waals surface area (Å²) in [6.07, 6.45) is 0. The zero-order valence-electron chi connectivity index (χ0n) is 18.1. The van der Waals surface area contributed by atoms with Gasteiger partial charge in [-0.1, -0.05) is 41.4 Å². The number of nitrogens with zero attached hydrogens (tertiary/aromatic N) is 2. The Morgan fingerprint density at radius 2 is 1.85 bits per heavy atom. The molecule has 1 fully saturated rings. The highest BCUT2D eigenvalue weighted by Gasteiger charge is 2.59. The number of carbonyl (C=O) groups excluding carboxylic acids is 2. The Bertz CT molecular complexity index is 1300. The lowest BCUT2D eigenvalue weighted by atomic mass is 10.0. The van der Waals surface area contributed by atoms with Crippen molar-refractivity contribution < 1.29 is 18.4 Å². The first-order chi connectivity index (χ1) is 16.3. The van der Waals surface area contributed by atoms with Crippen LogP contribution in [-0.2, 0) is 16.2 Å². The van der Waals surface area contributed by atoms with Gasteiger partial charge < -0.3 is 10.2 Å². The van der Waals surface area contributed by atoms with E-state index in [0.717, 1.165) is 5.56 Å². The van der Waals surface area contributed by atoms with Crippen molar-refractivity contribution in [1.29, 1.82) is 0 Å². The first-order valence-electron chi connectivity index (χ1n) is 10.7. The molecule has 2 aliphatic heterocycles. The number of rotatable bonds is 3. The van der Waals surface area contributed by atoms with Gasteiger partial charge in [-0.05, 0) is 43.3 Å². The normalized spacial score (nSPS) is 19.1. The van der Waals surface area contributed by atoms with Crippen LogP contribution in [0.1, 0.15) is 16.7 Å². The molecule has 0 aliphatic carbocycles. The fourth-order valence-electron chi connectivity index (χ4n) is 4.48. The summed E-state index contributed by atoms with van der Waals surface area (Å²) in [7, 11) is 0. The highest BCUT2D eigenvalue weighted by atomic mass is 35.5. The number of nitrogens with one attached hydrogen (secondary N) is 1. The van der Waals surface area contributed by atoms with Crippen LogP contribution in [0.25, 0.3) is 0 Å². The van der Waals surface area contributed by atoms with E-state index in [1.807, 2.05) is 19.1 Å². The Hall–Kier alpha value is -3.10. The van der Waals surface area contributed by atoms with Crippen LogP contribution >= 0.6 is 23.4 Å². The van der Waals surface area contributed by atoms with E-state index in [-0.39, 0.29) is 12.1 Å². The number of benzene rings is 3. The van der Waals surface area contributed by atoms with Gasteiger partial charge in [0.05, 0.1) is 12.2 Å². The molecular weight excluding hydrogens is 480 g/mol. The van der Waals surface area contributed by atoms with Gasteiger partial charge in [-0.2, -0.15) is 0 Å². The maximum atomic E-state index is 14.5. The molecule has 2 aliphatic rings. The van der Waals surface area contributed by atoms with E-state index in [0.29, 0.717) is 34.3 Å². The molecule has 1 atom stereocenters. The number of hydrogen-bond acceptors (Lipinski definition) is 3. The lowest BCUT2D eigenvalue weighted by Gasteiger charge is -2.33. The summed E-state index contributed by atoms with van der Waals surface area (Å²) in [4.78, 5) is 28.9. The van der Waals surface area contributed by atoms with Crippen LogP contribution in [0.4, 0.5) is 25.0 Å². The van der Waals surface area contributed by atoms with Gasteiger partial charge in [0.15, 0.2) is 4.87 Å². The molecule has 0 aromatic heterocycles. The van der Waals surface area contributed by atoms with E-state index in [9.17, 15) is 18.4 Å². The van der Waals surface area contributed by atoms with Crippen molar-refractivity contribution in [2.75, 3.05) is 22.5 Å². The molecule has 0 unspecified atom stereocenters. The largest absolute Gasteiger partial charge is 0.323 e. The third-order valence-corrected chi connectivity index (χ3v) is 7.70. The molecule has 3 aromatic carbocycles. The second kappa shape index (κ2) is 8.60. The predicted octanol–water partition coefficient (Wildman–Crippen LogP) is 5.91. The first-order valence-corrected chi connectivity index (χ1v) is 12.0. The van der Waals surface area contributed by atoms with E-state index < -0.39 is 28.4 Å². The Kier molecular flexibility index (Phi) is 5.73. The molecule has 1 saturated heterocycles. The summed E-state index contributed by atoms with van der Waals surface area (Å²) >= 11 is 7.39. The van der Waals surface area contributed by atoms with Crippen molar-refractivity contribution in [2.45, 2.75) is 18.3 Å². The molecule has 0 radical (unpaired) electrons. The Morgan fingerprint density at radius 1 is 1.12 bits per heavy atom. The lowest BCUT2D eigenvalue weighted by molar-refractivity contribution is -0.123. The van der Waals surface area contributed by atoms with E-state index in [2.05, 4.69) is 5.32 Å². The molecule has 5 nitrogen and oxygen atoms in total. The minimum atomic E-state index is -1.33. The van der Waals surface area contributed by atoms with Gasteiger partial charge in [0.25, 0.3) is 5.91 Å². The van der Waals surface area contributed by atoms with Crippen LogP contribution in [0, 0.1) is 18.6 Å². The van der Waals surface area contributed by atoms with Gasteiger partial charge in [-0.25, -0.2) is 13.6 Å². The van der Waals surface area contributed by atoms with Crippen LogP contribution in [0.15, 0.2) is 60.7 Å². The summed E-state index contributed by atoms with van der Waals surface area (Å²) in [5.41, 5.74) is 2.39. The van der Waals surface area contributed by atoms with Crippen LogP contribution in [0.3, 0.4) is 0 Å². The first kappa shape index (κ1) is 22.7. The topological polar surface area (TPSA) is 52.7 Å². The summed E-state index contributed by atoms with van der Waals surface area (Å²) in [6, 6.07) is 15.4. The minimum Gasteiger partial charge on any atom is -0.308 e. The molecule has 1 spiro atoms. The maximum Gasteiger partial charge on any atom is 0.323 e. The molecule has 2 heterocycles. The standard InChI is InChI=1S/C25H20ClF2N3O2S/c1-15-8-9-22-19(12-15)25(23(32)30(22)14-18-20(27)6-3-7-21(18)28)31(10-11-34-25)24(33)29-17-5-2-4-16(26)13-17/h2-9,12-13H,10-11,14H2,1H3,(H,29,33)/t25-/m1/s1. The van der Waals surface area contributed by atoms with Gasteiger partial charge in [0, 0.05) is 34.1 Å². The lowest BCUT2D eigenvalue weighted by Crippen LogP contribution is -2.51. The highest BCUT2D eigenvalue weighted by molar-refractivity contribution is 8.01. The average Bonchev–Trinajstić information content (AvgIpc) is 3.33. The molecule has 9 heteroatoms. The van der Waals surface area contributed by atoms with E-state index in [1.54, 1.807) is 30.3 Å². The predicted molar refractivity (Wildman–Crippen MR) is 130 cm³/mol. The fourth-order valence-corrected chi connectivity index (χ4v) is 6.13. The molecule has 3 amide bonds. The van der Waals surface area contributed by atoms with E-state index in [4.69, 9.17) is 11.6 Å². The van der Waals surface area contributed by atoms with Crippen LogP contribution < -0.4 is 10.2 Å². The Morgan fingerprint density at radius 3 is 2.59 bits per heavy atom. The monoisotopic (exact) mass is 499 g/mol. The van der Waals surface area contributed by atoms with Gasteiger partial charge in [-0.3, -0.25) is 9.69 Å². The third kappa shape index (κ3) is 3.61. The number of fused-ring (bicyclic) bond motifs is 2. The quantitative estimate of drug-likeness (QED) is 0.487. The molecule has 34 heavy (non-hydrogen) atoms. The van der Waals surface area contributed by atoms with Gasteiger partial charge >= 0.3 is 6.03 Å². The molecule has 0 bridgehead atoms. The van der Waals surface area contributed by atoms with Gasteiger partial charge in [0.2, 0.25) is 0 Å². The molecule has 0 saturated carbocycles. The van der Waals surface area contributed by atoms with Crippen LogP contribution in [0.5, 0.6) is 0 Å². The number of amides is 3. The summed E-state index contributed by atoms with van der Waals surface area (Å²) < 4.78 is 28.9. The molecule has 174 valence electrons. The Labute approximate surface area is 204 Å². The zero-order chi connectivity index (χ0) is 24.0. The van der Waals surface area contributed by atoms with E-state index in [1.165, 1.54) is 39.8 Å². The van der Waals surface area contributed by atoms with Crippen LogP contribution in [-0.4, -0.2) is 29.1 Å². The van der Waals surface area contributed by atoms with Crippen molar-refractivity contribution in [3.63, 3.8) is 0 Å². The summed E-state index contributed by atoms with van der Waals surface area (Å²) in [6.45, 7) is 1.95. The van der Waals surface area contributed by atoms with Crippen molar-refractivity contribution in [1.82, 2.24) is 4.90 Å². The summed E-state index contributed by atoms with van der Waals surface area (Å²) in [5, 5.41) is 3.29. The van der Waals surface area contributed by atoms with Crippen molar-refractivity contribution >= 4 is 46.7 Å². The second-order valence-corrected chi connectivity index (χ2v) is 9.92. The minimum absolute atomic E-state index is 0.197. The zero-order valence-corrected chi connectivity index (χ0v) is 19.7. The number of anilines is 2. The number of hydrogen-bond donors (Lipinski definition) is 1. The fraction of sp³-hybridized carbons (Fsp3) is 0.200. The number of thioether (sulfide) groups is 1. The molecule has 5 rings (SSSR count). The summed E-state index contributed by atoms with van der Waals surface area (Å²) in [5.74, 6) is -1.32. The molecule has 3 aromatic rings. The van der Waals surface area contributed by atoms with Gasteiger partial charge in [-0.15, -0.1) is 11.8 Å². The second-order valence-electron chi connectivity index (χ2n) is 8.20. The average molecular weight is 500 g/mol. The smallest absolute Gasteiger partial charge is 0.308 e. The molecule has 1 N–H and O–H groups in total. The third-order valence-electron chi connectivity index (χ3n) is 6.05. The van der Waals surface area contributed by atoms with E-state index >= 15 is 0 Å². The van der Waals surface area contributed by atoms with Gasteiger partial charge in [0.1, 0.15) is 11.6 Å². The van der Waals surface area contributed by atoms with Crippen molar-refractivity contribution in [3.05, 3.63) is 94.0 Å². The van der Waals surface area contributed by atoms with Crippen molar-refractivity contribution in [2.24, 2.45) is 0 Å². The van der Waals surface area contributed by atoms with Crippen molar-refractivity contribution in [3.8, 4) is 0 Å². The SMILES string of the molecule is Cc1ccc2c(c1)[C@@]1(SCCN1C(=O)Nc1cccc(Cl)c1)C(=O)N2Cc1c(F)cccc1F. The Balaban J connectivity index is 1.56. The highest BCUT2D eigenvalue weighted by Crippen LogP contribution is 2.54. The number of urea groups is 1. The van der Waals surface area contributed by atoms with Crippen LogP contribution in [0.2, 0.25) is 5.02 Å². The maximum absolute atomic E-state index is 14.5. The number of aryl methyl sites for hydroxylation is 1. The number of halogens is 3.